The molecule has 1 saturated carbocycles. The van der Waals surface area contributed by atoms with E-state index in [4.69, 9.17) is 0 Å². The van der Waals surface area contributed by atoms with Crippen LogP contribution in [0.1, 0.15) is 43.0 Å². The highest BCUT2D eigenvalue weighted by Crippen LogP contribution is 2.46. The zero-order chi connectivity index (χ0) is 22.1. The minimum absolute atomic E-state index is 0.0635. The van der Waals surface area contributed by atoms with Gasteiger partial charge in [0.1, 0.15) is 11.9 Å². The summed E-state index contributed by atoms with van der Waals surface area (Å²) in [6, 6.07) is 14.2. The molecule has 0 bridgehead atoms. The summed E-state index contributed by atoms with van der Waals surface area (Å²) < 4.78 is 42.8. The van der Waals surface area contributed by atoms with E-state index in [1.165, 1.54) is 18.2 Å². The number of hydrogen-bond donors (Lipinski definition) is 3. The van der Waals surface area contributed by atoms with Crippen LogP contribution in [0.4, 0.5) is 13.2 Å². The van der Waals surface area contributed by atoms with Crippen LogP contribution in [-0.4, -0.2) is 24.2 Å². The van der Waals surface area contributed by atoms with Gasteiger partial charge in [0, 0.05) is 5.56 Å². The minimum atomic E-state index is -4.84. The van der Waals surface area contributed by atoms with E-state index in [-0.39, 0.29) is 23.6 Å². The molecule has 2 aliphatic rings. The first-order chi connectivity index (χ1) is 14.8. The number of ether oxygens (including phenoxy) is 1. The highest BCUT2D eigenvalue weighted by atomic mass is 19.4. The topological polar surface area (TPSA) is 79.5 Å². The molecule has 1 aliphatic carbocycles. The molecule has 2 atom stereocenters. The highest BCUT2D eigenvalue weighted by Gasteiger charge is 2.45. The van der Waals surface area contributed by atoms with Gasteiger partial charge in [-0.05, 0) is 30.9 Å². The van der Waals surface area contributed by atoms with Gasteiger partial charge in [0.25, 0.3) is 0 Å². The van der Waals surface area contributed by atoms with Gasteiger partial charge in [0.15, 0.2) is 0 Å². The Hall–Kier alpha value is -3.07. The summed E-state index contributed by atoms with van der Waals surface area (Å²) in [5, 5.41) is 8.83. The van der Waals surface area contributed by atoms with Crippen molar-refractivity contribution in [3.8, 4) is 5.75 Å². The van der Waals surface area contributed by atoms with Crippen molar-refractivity contribution in [2.75, 3.05) is 0 Å². The lowest BCUT2D eigenvalue weighted by molar-refractivity contribution is -0.275. The molecule has 9 heteroatoms. The van der Waals surface area contributed by atoms with Gasteiger partial charge >= 0.3 is 6.36 Å². The van der Waals surface area contributed by atoms with Gasteiger partial charge < -0.3 is 15.4 Å². The van der Waals surface area contributed by atoms with Crippen molar-refractivity contribution in [3.63, 3.8) is 0 Å². The molecule has 4 rings (SSSR count). The zero-order valence-corrected chi connectivity index (χ0v) is 16.5. The average molecular weight is 433 g/mol. The number of rotatable bonds is 5. The van der Waals surface area contributed by atoms with E-state index in [0.29, 0.717) is 12.8 Å². The fourth-order valence-corrected chi connectivity index (χ4v) is 4.09. The first kappa shape index (κ1) is 21.2. The smallest absolute Gasteiger partial charge is 0.405 e. The molecule has 164 valence electrons. The largest absolute Gasteiger partial charge is 0.573 e. The number of benzene rings is 2. The Balaban J connectivity index is 1.54. The normalized spacial score (nSPS) is 22.7. The molecule has 2 amide bonds. The summed E-state index contributed by atoms with van der Waals surface area (Å²) in [6.45, 7) is 0. The maximum absolute atomic E-state index is 13.1. The predicted octanol–water partition coefficient (Wildman–Crippen LogP) is 3.26. The van der Waals surface area contributed by atoms with Crippen molar-refractivity contribution < 1.29 is 27.5 Å². The van der Waals surface area contributed by atoms with E-state index >= 15 is 0 Å². The van der Waals surface area contributed by atoms with E-state index in [9.17, 15) is 22.8 Å². The molecule has 2 fully saturated rings. The van der Waals surface area contributed by atoms with Gasteiger partial charge in [-0.1, -0.05) is 48.5 Å². The Kier molecular flexibility index (Phi) is 5.62. The summed E-state index contributed by atoms with van der Waals surface area (Å²) in [6.07, 6.45) is -3.71. The van der Waals surface area contributed by atoms with Crippen LogP contribution in [0.5, 0.6) is 5.75 Å². The van der Waals surface area contributed by atoms with Crippen LogP contribution in [0.2, 0.25) is 0 Å². The maximum Gasteiger partial charge on any atom is 0.573 e. The minimum Gasteiger partial charge on any atom is -0.405 e. The Morgan fingerprint density at radius 2 is 1.74 bits per heavy atom. The fourth-order valence-electron chi connectivity index (χ4n) is 4.09. The first-order valence-electron chi connectivity index (χ1n) is 10.0. The van der Waals surface area contributed by atoms with Gasteiger partial charge in [-0.3, -0.25) is 14.9 Å². The van der Waals surface area contributed by atoms with Crippen LogP contribution in [0.15, 0.2) is 54.6 Å². The van der Waals surface area contributed by atoms with E-state index < -0.39 is 30.0 Å². The Bertz CT molecular complexity index is 961. The Morgan fingerprint density at radius 1 is 1.06 bits per heavy atom. The lowest BCUT2D eigenvalue weighted by atomic mass is 9.71. The second-order valence-electron chi connectivity index (χ2n) is 7.80. The molecule has 0 aromatic heterocycles. The number of nitrogens with one attached hydrogen (secondary N) is 3. The highest BCUT2D eigenvalue weighted by molar-refractivity contribution is 5.90. The predicted molar refractivity (Wildman–Crippen MR) is 106 cm³/mol. The molecule has 3 N–H and O–H groups in total. The molecule has 0 spiro atoms. The summed E-state index contributed by atoms with van der Waals surface area (Å²) in [7, 11) is 0. The van der Waals surface area contributed by atoms with E-state index in [2.05, 4.69) is 20.7 Å². The number of hydrogen-bond acceptors (Lipinski definition) is 4. The molecular weight excluding hydrogens is 411 g/mol. The number of amides is 2. The van der Waals surface area contributed by atoms with Crippen LogP contribution in [0, 0.1) is 0 Å². The van der Waals surface area contributed by atoms with Gasteiger partial charge in [-0.2, -0.15) is 0 Å². The molecule has 31 heavy (non-hydrogen) atoms. The van der Waals surface area contributed by atoms with Gasteiger partial charge in [0.2, 0.25) is 11.8 Å². The summed E-state index contributed by atoms with van der Waals surface area (Å²) in [5.74, 6) is -1.04. The number of carbonyl (C=O) groups excluding carboxylic acids is 2. The number of halogens is 3. The lowest BCUT2D eigenvalue weighted by Gasteiger charge is -2.45. The van der Waals surface area contributed by atoms with Crippen molar-refractivity contribution in [3.05, 3.63) is 65.7 Å². The third-order valence-electron chi connectivity index (χ3n) is 5.71. The van der Waals surface area contributed by atoms with Gasteiger partial charge in [-0.15, -0.1) is 13.2 Å². The SMILES string of the molecule is O=C1CC(C(=O)NC2(c3ccccc3OC(F)(F)F)CCC2)NC(c2ccccc2)N1. The number of carbonyl (C=O) groups is 2. The van der Waals surface area contributed by atoms with Crippen LogP contribution in [-0.2, 0) is 15.1 Å². The van der Waals surface area contributed by atoms with E-state index in [1.54, 1.807) is 6.07 Å². The molecule has 2 aromatic carbocycles. The van der Waals surface area contributed by atoms with Crippen molar-refractivity contribution >= 4 is 11.8 Å². The van der Waals surface area contributed by atoms with Crippen molar-refractivity contribution in [2.45, 2.75) is 49.8 Å². The third kappa shape index (κ3) is 4.66. The maximum atomic E-state index is 13.1. The lowest BCUT2D eigenvalue weighted by Crippen LogP contribution is -2.60. The van der Waals surface area contributed by atoms with E-state index in [0.717, 1.165) is 12.0 Å². The van der Waals surface area contributed by atoms with Crippen molar-refractivity contribution in [2.24, 2.45) is 0 Å². The molecular formula is C22H22F3N3O3. The van der Waals surface area contributed by atoms with E-state index in [1.807, 2.05) is 30.3 Å². The van der Waals surface area contributed by atoms with Crippen LogP contribution >= 0.6 is 0 Å². The molecule has 1 aliphatic heterocycles. The second-order valence-corrected chi connectivity index (χ2v) is 7.80. The van der Waals surface area contributed by atoms with Crippen LogP contribution in [0.3, 0.4) is 0 Å². The quantitative estimate of drug-likeness (QED) is 0.677. The number of alkyl halides is 3. The first-order valence-corrected chi connectivity index (χ1v) is 10.0. The standard InChI is InChI=1S/C22H22F3N3O3/c23-22(24,25)31-17-10-5-4-9-15(17)21(11-6-12-21)28-20(30)16-13-18(29)27-19(26-16)14-7-2-1-3-8-14/h1-5,7-10,16,19,26H,6,11-13H2,(H,27,29)(H,28,30). The summed E-state index contributed by atoms with van der Waals surface area (Å²) in [4.78, 5) is 25.3. The summed E-state index contributed by atoms with van der Waals surface area (Å²) in [5.41, 5.74) is 0.124. The molecule has 0 radical (unpaired) electrons. The van der Waals surface area contributed by atoms with Crippen LogP contribution < -0.4 is 20.7 Å². The van der Waals surface area contributed by atoms with Crippen LogP contribution in [0.25, 0.3) is 0 Å². The van der Waals surface area contributed by atoms with Crippen molar-refractivity contribution in [1.82, 2.24) is 16.0 Å². The fraction of sp³-hybridized carbons (Fsp3) is 0.364. The second kappa shape index (κ2) is 8.22. The molecule has 1 heterocycles. The Morgan fingerprint density at radius 3 is 2.39 bits per heavy atom. The van der Waals surface area contributed by atoms with Crippen molar-refractivity contribution in [1.29, 1.82) is 0 Å². The molecule has 6 nitrogen and oxygen atoms in total. The Labute approximate surface area is 177 Å². The average Bonchev–Trinajstić information content (AvgIpc) is 2.70. The molecule has 2 unspecified atom stereocenters. The molecule has 1 saturated heterocycles. The number of para-hydroxylation sites is 1. The zero-order valence-electron chi connectivity index (χ0n) is 16.5. The van der Waals surface area contributed by atoms with Gasteiger partial charge in [-0.25, -0.2) is 0 Å². The molecule has 2 aromatic rings. The summed E-state index contributed by atoms with van der Waals surface area (Å²) >= 11 is 0. The third-order valence-corrected chi connectivity index (χ3v) is 5.71. The van der Waals surface area contributed by atoms with Gasteiger partial charge in [0.05, 0.1) is 18.0 Å². The monoisotopic (exact) mass is 433 g/mol.